The van der Waals surface area contributed by atoms with Crippen LogP contribution in [0.15, 0.2) is 103 Å². The van der Waals surface area contributed by atoms with Crippen LogP contribution < -0.4 is 4.74 Å². The molecule has 34 heavy (non-hydrogen) atoms. The first-order valence-corrected chi connectivity index (χ1v) is 10.6. The standard InChI is InChI=1S/C28H18N3O2.Pt/c32-25-15-7-5-12-22(25)23-13-8-16-26(29-23)33-27-18-17-21-20-11-4-6-14-24(20)31(28(21)30-27)19-9-2-1-3-10-19;/h1-9,11-18,32H;/q-1;. The minimum atomic E-state index is 0. The van der Waals surface area contributed by atoms with Crippen LogP contribution in [-0.2, 0) is 21.1 Å². The largest absolute Gasteiger partial charge is 0.507 e. The third-order valence-electron chi connectivity index (χ3n) is 5.54. The second-order valence-electron chi connectivity index (χ2n) is 7.60. The fourth-order valence-corrected chi connectivity index (χ4v) is 4.06. The Bertz CT molecular complexity index is 1610. The van der Waals surface area contributed by atoms with E-state index in [9.17, 15) is 5.11 Å². The van der Waals surface area contributed by atoms with Gasteiger partial charge >= 0.3 is 0 Å². The van der Waals surface area contributed by atoms with E-state index in [4.69, 9.17) is 9.72 Å². The van der Waals surface area contributed by atoms with Crippen LogP contribution in [0.2, 0.25) is 0 Å². The van der Waals surface area contributed by atoms with Gasteiger partial charge in [-0.2, -0.15) is 29.2 Å². The van der Waals surface area contributed by atoms with Crippen LogP contribution in [0.25, 0.3) is 38.9 Å². The Hall–Kier alpha value is -3.95. The summed E-state index contributed by atoms with van der Waals surface area (Å²) in [6.45, 7) is 0. The molecule has 6 rings (SSSR count). The number of para-hydroxylation sites is 3. The second-order valence-corrected chi connectivity index (χ2v) is 7.60. The Morgan fingerprint density at radius 1 is 0.706 bits per heavy atom. The van der Waals surface area contributed by atoms with Crippen LogP contribution in [-0.4, -0.2) is 19.6 Å². The summed E-state index contributed by atoms with van der Waals surface area (Å²) in [6, 6.07) is 35.8. The number of hydrogen-bond donors (Lipinski definition) is 1. The molecule has 0 spiro atoms. The number of rotatable bonds is 4. The summed E-state index contributed by atoms with van der Waals surface area (Å²) in [7, 11) is 0. The van der Waals surface area contributed by atoms with Crippen molar-refractivity contribution in [2.75, 3.05) is 0 Å². The summed E-state index contributed by atoms with van der Waals surface area (Å²) in [6.07, 6.45) is 0. The fourth-order valence-electron chi connectivity index (χ4n) is 4.06. The zero-order valence-corrected chi connectivity index (χ0v) is 20.1. The van der Waals surface area contributed by atoms with Gasteiger partial charge in [-0.15, -0.1) is 6.07 Å². The van der Waals surface area contributed by atoms with Crippen LogP contribution >= 0.6 is 0 Å². The first-order chi connectivity index (χ1) is 16.3. The Labute approximate surface area is 210 Å². The average Bonchev–Trinajstić information content (AvgIpc) is 3.19. The second kappa shape index (κ2) is 9.12. The molecule has 0 amide bonds. The van der Waals surface area contributed by atoms with Crippen molar-refractivity contribution in [3.8, 4) is 34.5 Å². The summed E-state index contributed by atoms with van der Waals surface area (Å²) < 4.78 is 8.13. The normalized spacial score (nSPS) is 10.8. The summed E-state index contributed by atoms with van der Waals surface area (Å²) in [5.41, 5.74) is 4.02. The molecule has 6 aromatic rings. The summed E-state index contributed by atoms with van der Waals surface area (Å²) in [4.78, 5) is 9.40. The maximum Gasteiger partial charge on any atom is 0.223 e. The van der Waals surface area contributed by atoms with Crippen LogP contribution in [0.4, 0.5) is 0 Å². The molecule has 168 valence electrons. The van der Waals surface area contributed by atoms with Crippen molar-refractivity contribution in [3.63, 3.8) is 0 Å². The molecule has 5 nitrogen and oxygen atoms in total. The number of benzene rings is 3. The van der Waals surface area contributed by atoms with E-state index in [0.29, 0.717) is 23.0 Å². The van der Waals surface area contributed by atoms with Gasteiger partial charge in [0.25, 0.3) is 0 Å². The third kappa shape index (κ3) is 3.85. The Balaban J connectivity index is 0.00000241. The third-order valence-corrected chi connectivity index (χ3v) is 5.54. The molecule has 0 fully saturated rings. The van der Waals surface area contributed by atoms with Gasteiger partial charge < -0.3 is 14.4 Å². The molecule has 0 saturated carbocycles. The van der Waals surface area contributed by atoms with Crippen molar-refractivity contribution in [1.82, 2.24) is 14.5 Å². The zero-order chi connectivity index (χ0) is 22.2. The number of hydrogen-bond acceptors (Lipinski definition) is 4. The van der Waals surface area contributed by atoms with E-state index in [1.54, 1.807) is 18.2 Å². The monoisotopic (exact) mass is 623 g/mol. The Kier molecular flexibility index (Phi) is 5.87. The van der Waals surface area contributed by atoms with Crippen LogP contribution in [0.5, 0.6) is 17.5 Å². The molecule has 0 saturated heterocycles. The van der Waals surface area contributed by atoms with E-state index in [0.717, 1.165) is 27.6 Å². The molecule has 0 atom stereocenters. The number of phenolic OH excluding ortho intramolecular Hbond substituents is 1. The van der Waals surface area contributed by atoms with Crippen LogP contribution in [0.3, 0.4) is 0 Å². The van der Waals surface area contributed by atoms with Gasteiger partial charge in [-0.25, -0.2) is 4.98 Å². The van der Waals surface area contributed by atoms with Gasteiger partial charge in [0.15, 0.2) is 0 Å². The molecule has 0 aliphatic heterocycles. The molecule has 3 heterocycles. The van der Waals surface area contributed by atoms with Gasteiger partial charge in [0, 0.05) is 49.5 Å². The van der Waals surface area contributed by atoms with Crippen molar-refractivity contribution in [3.05, 3.63) is 109 Å². The van der Waals surface area contributed by atoms with Gasteiger partial charge in [0.1, 0.15) is 11.4 Å². The molecule has 0 unspecified atom stereocenters. The minimum Gasteiger partial charge on any atom is -0.507 e. The van der Waals surface area contributed by atoms with E-state index in [1.807, 2.05) is 72.8 Å². The van der Waals surface area contributed by atoms with Crippen molar-refractivity contribution < 1.29 is 30.9 Å². The van der Waals surface area contributed by atoms with Crippen LogP contribution in [0, 0.1) is 6.07 Å². The van der Waals surface area contributed by atoms with Crippen LogP contribution in [0.1, 0.15) is 0 Å². The smallest absolute Gasteiger partial charge is 0.223 e. The van der Waals surface area contributed by atoms with Crippen molar-refractivity contribution >= 4 is 21.9 Å². The number of fused-ring (bicyclic) bond motifs is 3. The topological polar surface area (TPSA) is 60.2 Å². The molecule has 0 aliphatic carbocycles. The summed E-state index contributed by atoms with van der Waals surface area (Å²) >= 11 is 0. The zero-order valence-electron chi connectivity index (χ0n) is 17.8. The molecule has 6 heteroatoms. The number of ether oxygens (including phenoxy) is 1. The van der Waals surface area contributed by atoms with Gasteiger partial charge in [-0.3, -0.25) is 0 Å². The van der Waals surface area contributed by atoms with Gasteiger partial charge in [-0.05, 0) is 30.3 Å². The molecule has 0 radical (unpaired) electrons. The number of aromatic hydroxyl groups is 1. The van der Waals surface area contributed by atoms with E-state index in [2.05, 4.69) is 27.8 Å². The van der Waals surface area contributed by atoms with Gasteiger partial charge in [0.2, 0.25) is 11.8 Å². The predicted molar refractivity (Wildman–Crippen MR) is 129 cm³/mol. The van der Waals surface area contributed by atoms with E-state index in [1.165, 1.54) is 0 Å². The number of nitrogens with zero attached hydrogens (tertiary/aromatic N) is 3. The SMILES string of the molecule is Oc1ccccc1-c1cccc(Oc2ccc3c4ccccc4n(-c4[c-]cccc4)c3n2)n1.[Pt]. The van der Waals surface area contributed by atoms with Crippen molar-refractivity contribution in [1.29, 1.82) is 0 Å². The number of aromatic nitrogens is 3. The summed E-state index contributed by atoms with van der Waals surface area (Å²) in [5.74, 6) is 1.01. The first-order valence-electron chi connectivity index (χ1n) is 10.6. The predicted octanol–water partition coefficient (Wildman–Crippen LogP) is 6.54. The molecular weight excluding hydrogens is 605 g/mol. The minimum absolute atomic E-state index is 0. The number of phenols is 1. The molecule has 3 aromatic carbocycles. The first kappa shape index (κ1) is 21.9. The quantitative estimate of drug-likeness (QED) is 0.227. The van der Waals surface area contributed by atoms with Crippen molar-refractivity contribution in [2.45, 2.75) is 0 Å². The van der Waals surface area contributed by atoms with E-state index >= 15 is 0 Å². The molecular formula is C28H18N3O2Pt-. The molecule has 1 N–H and O–H groups in total. The fraction of sp³-hybridized carbons (Fsp3) is 0. The summed E-state index contributed by atoms with van der Waals surface area (Å²) in [5, 5.41) is 12.3. The molecule has 0 bridgehead atoms. The van der Waals surface area contributed by atoms with Gasteiger partial charge in [-0.1, -0.05) is 42.1 Å². The van der Waals surface area contributed by atoms with E-state index < -0.39 is 0 Å². The number of pyridine rings is 2. The Morgan fingerprint density at radius 2 is 1.50 bits per heavy atom. The average molecular weight is 624 g/mol. The van der Waals surface area contributed by atoms with E-state index in [-0.39, 0.29) is 26.8 Å². The maximum absolute atomic E-state index is 10.2. The van der Waals surface area contributed by atoms with Crippen molar-refractivity contribution in [2.24, 2.45) is 0 Å². The maximum atomic E-state index is 10.2. The molecule has 3 aromatic heterocycles. The Morgan fingerprint density at radius 3 is 2.35 bits per heavy atom. The molecule has 0 aliphatic rings. The van der Waals surface area contributed by atoms with Gasteiger partial charge in [0.05, 0.1) is 11.2 Å².